The second kappa shape index (κ2) is 6.07. The van der Waals surface area contributed by atoms with E-state index >= 15 is 0 Å². The number of benzene rings is 1. The van der Waals surface area contributed by atoms with Crippen LogP contribution in [0.25, 0.3) is 0 Å². The molecular weight excluding hydrogens is 288 g/mol. The highest BCUT2D eigenvalue weighted by atomic mass is 79.9. The monoisotopic (exact) mass is 310 g/mol. The Hall–Kier alpha value is -0.540. The summed E-state index contributed by atoms with van der Waals surface area (Å²) in [5, 5.41) is 3.65. The topological polar surface area (TPSA) is 15.3 Å². The Bertz CT molecular complexity index is 386. The number of rotatable bonds is 3. The van der Waals surface area contributed by atoms with Gasteiger partial charge in [-0.2, -0.15) is 0 Å². The zero-order valence-electron chi connectivity index (χ0n) is 11.6. The van der Waals surface area contributed by atoms with Gasteiger partial charge in [0.1, 0.15) is 0 Å². The Morgan fingerprint density at radius 1 is 1.22 bits per heavy atom. The molecule has 0 unspecified atom stereocenters. The van der Waals surface area contributed by atoms with Crippen LogP contribution in [0.3, 0.4) is 0 Å². The minimum absolute atomic E-state index is 0.823. The zero-order valence-corrected chi connectivity index (χ0v) is 13.2. The highest BCUT2D eigenvalue weighted by Crippen LogP contribution is 2.26. The molecule has 2 rings (SSSR count). The average molecular weight is 311 g/mol. The van der Waals surface area contributed by atoms with Gasteiger partial charge < -0.3 is 10.2 Å². The lowest BCUT2D eigenvalue weighted by Crippen LogP contribution is -2.33. The quantitative estimate of drug-likeness (QED) is 0.913. The van der Waals surface area contributed by atoms with Crippen LogP contribution in [0.15, 0.2) is 16.6 Å². The maximum absolute atomic E-state index is 3.65. The molecule has 1 heterocycles. The molecule has 1 aromatic rings. The first-order valence-corrected chi connectivity index (χ1v) is 7.54. The second-order valence-corrected chi connectivity index (χ2v) is 6.46. The van der Waals surface area contributed by atoms with Gasteiger partial charge in [-0.05, 0) is 76.0 Å². The van der Waals surface area contributed by atoms with Crippen molar-refractivity contribution in [2.45, 2.75) is 26.7 Å². The highest BCUT2D eigenvalue weighted by Gasteiger charge is 2.16. The molecule has 3 heteroatoms. The first kappa shape index (κ1) is 13.9. The van der Waals surface area contributed by atoms with Crippen molar-refractivity contribution in [3.05, 3.63) is 27.7 Å². The normalized spacial score (nSPS) is 18.0. The van der Waals surface area contributed by atoms with E-state index in [1.807, 2.05) is 0 Å². The fourth-order valence-electron chi connectivity index (χ4n) is 2.70. The number of anilines is 1. The van der Waals surface area contributed by atoms with Gasteiger partial charge in [0.15, 0.2) is 0 Å². The predicted molar refractivity (Wildman–Crippen MR) is 82.3 cm³/mol. The van der Waals surface area contributed by atoms with Gasteiger partial charge in [0.05, 0.1) is 0 Å². The molecule has 18 heavy (non-hydrogen) atoms. The van der Waals surface area contributed by atoms with Crippen molar-refractivity contribution in [2.75, 3.05) is 32.0 Å². The molecule has 0 amide bonds. The summed E-state index contributed by atoms with van der Waals surface area (Å²) in [6.45, 7) is 7.94. The van der Waals surface area contributed by atoms with Crippen LogP contribution in [-0.4, -0.2) is 31.6 Å². The van der Waals surface area contributed by atoms with Gasteiger partial charge >= 0.3 is 0 Å². The molecule has 0 aliphatic carbocycles. The second-order valence-electron chi connectivity index (χ2n) is 5.54. The largest absolute Gasteiger partial charge is 0.384 e. The minimum Gasteiger partial charge on any atom is -0.384 e. The maximum Gasteiger partial charge on any atom is 0.0400 e. The Kier molecular flexibility index (Phi) is 4.68. The van der Waals surface area contributed by atoms with Crippen molar-refractivity contribution < 1.29 is 0 Å². The average Bonchev–Trinajstić information content (AvgIpc) is 2.30. The molecule has 1 fully saturated rings. The Morgan fingerprint density at radius 2 is 1.78 bits per heavy atom. The number of nitrogens with one attached hydrogen (secondary N) is 1. The molecule has 100 valence electrons. The molecule has 1 aromatic carbocycles. The Labute approximate surface area is 119 Å². The molecule has 0 atom stereocenters. The summed E-state index contributed by atoms with van der Waals surface area (Å²) in [5.74, 6) is 0.823. The van der Waals surface area contributed by atoms with E-state index in [2.05, 4.69) is 59.2 Å². The van der Waals surface area contributed by atoms with E-state index in [0.29, 0.717) is 0 Å². The van der Waals surface area contributed by atoms with Crippen molar-refractivity contribution in [2.24, 2.45) is 5.92 Å². The molecule has 1 N–H and O–H groups in total. The number of hydrogen-bond acceptors (Lipinski definition) is 2. The van der Waals surface area contributed by atoms with E-state index in [1.165, 1.54) is 47.2 Å². The lowest BCUT2D eigenvalue weighted by atomic mass is 9.96. The highest BCUT2D eigenvalue weighted by molar-refractivity contribution is 9.10. The zero-order chi connectivity index (χ0) is 13.1. The van der Waals surface area contributed by atoms with Gasteiger partial charge in [-0.15, -0.1) is 0 Å². The van der Waals surface area contributed by atoms with E-state index in [0.717, 1.165) is 12.5 Å². The number of piperidine rings is 1. The van der Waals surface area contributed by atoms with Crippen LogP contribution in [0.2, 0.25) is 0 Å². The number of halogens is 1. The Morgan fingerprint density at radius 3 is 2.33 bits per heavy atom. The van der Waals surface area contributed by atoms with Crippen LogP contribution in [-0.2, 0) is 0 Å². The van der Waals surface area contributed by atoms with Crippen LogP contribution in [0.5, 0.6) is 0 Å². The van der Waals surface area contributed by atoms with Crippen LogP contribution >= 0.6 is 15.9 Å². The molecular formula is C15H23BrN2. The molecule has 0 radical (unpaired) electrons. The van der Waals surface area contributed by atoms with Crippen LogP contribution < -0.4 is 5.32 Å². The van der Waals surface area contributed by atoms with Crippen LogP contribution in [0, 0.1) is 19.8 Å². The summed E-state index contributed by atoms with van der Waals surface area (Å²) in [4.78, 5) is 2.42. The lowest BCUT2D eigenvalue weighted by Gasteiger charge is -2.29. The van der Waals surface area contributed by atoms with Gasteiger partial charge in [-0.25, -0.2) is 0 Å². The number of nitrogens with zero attached hydrogens (tertiary/aromatic N) is 1. The van der Waals surface area contributed by atoms with Crippen molar-refractivity contribution in [1.29, 1.82) is 0 Å². The third-order valence-electron chi connectivity index (χ3n) is 3.90. The smallest absolute Gasteiger partial charge is 0.0400 e. The van der Waals surface area contributed by atoms with Crippen molar-refractivity contribution in [3.63, 3.8) is 0 Å². The van der Waals surface area contributed by atoms with E-state index in [-0.39, 0.29) is 0 Å². The summed E-state index contributed by atoms with van der Waals surface area (Å²) in [5.41, 5.74) is 3.97. The summed E-state index contributed by atoms with van der Waals surface area (Å²) >= 11 is 3.55. The van der Waals surface area contributed by atoms with Crippen molar-refractivity contribution >= 4 is 21.6 Å². The lowest BCUT2D eigenvalue weighted by molar-refractivity contribution is 0.226. The Balaban J connectivity index is 1.94. The number of aryl methyl sites for hydroxylation is 2. The summed E-state index contributed by atoms with van der Waals surface area (Å²) in [6.07, 6.45) is 2.64. The van der Waals surface area contributed by atoms with Gasteiger partial charge in [0.25, 0.3) is 0 Å². The van der Waals surface area contributed by atoms with E-state index in [1.54, 1.807) is 0 Å². The van der Waals surface area contributed by atoms with Gasteiger partial charge in [-0.1, -0.05) is 15.9 Å². The van der Waals surface area contributed by atoms with Crippen molar-refractivity contribution in [1.82, 2.24) is 4.90 Å². The minimum atomic E-state index is 0.823. The molecule has 2 nitrogen and oxygen atoms in total. The van der Waals surface area contributed by atoms with Gasteiger partial charge in [0.2, 0.25) is 0 Å². The summed E-state index contributed by atoms with van der Waals surface area (Å²) in [6, 6.07) is 4.37. The van der Waals surface area contributed by atoms with E-state index in [9.17, 15) is 0 Å². The van der Waals surface area contributed by atoms with E-state index in [4.69, 9.17) is 0 Å². The molecule has 0 saturated carbocycles. The molecule has 0 spiro atoms. The summed E-state index contributed by atoms with van der Waals surface area (Å²) < 4.78 is 1.17. The first-order chi connectivity index (χ1) is 8.56. The predicted octanol–water partition coefficient (Wildman–Crippen LogP) is 3.82. The third-order valence-corrected chi connectivity index (χ3v) is 4.36. The number of likely N-dealkylation sites (tertiary alicyclic amines) is 1. The molecule has 1 aliphatic rings. The van der Waals surface area contributed by atoms with Gasteiger partial charge in [-0.3, -0.25) is 0 Å². The summed E-state index contributed by atoms with van der Waals surface area (Å²) in [7, 11) is 2.21. The maximum atomic E-state index is 3.65. The fraction of sp³-hybridized carbons (Fsp3) is 0.600. The first-order valence-electron chi connectivity index (χ1n) is 6.75. The van der Waals surface area contributed by atoms with Crippen LogP contribution in [0.4, 0.5) is 5.69 Å². The molecule has 0 bridgehead atoms. The number of hydrogen-bond donors (Lipinski definition) is 1. The SMILES string of the molecule is Cc1cc(Br)cc(C)c1NCC1CCN(C)CC1. The van der Waals surface area contributed by atoms with Crippen LogP contribution in [0.1, 0.15) is 24.0 Å². The standard InChI is InChI=1S/C15H23BrN2/c1-11-8-14(16)9-12(2)15(11)17-10-13-4-6-18(3)7-5-13/h8-9,13,17H,4-7,10H2,1-3H3. The van der Waals surface area contributed by atoms with Crippen molar-refractivity contribution in [3.8, 4) is 0 Å². The van der Waals surface area contributed by atoms with Gasteiger partial charge in [0, 0.05) is 16.7 Å². The molecule has 0 aromatic heterocycles. The molecule has 1 saturated heterocycles. The van der Waals surface area contributed by atoms with E-state index < -0.39 is 0 Å². The molecule has 1 aliphatic heterocycles. The fourth-order valence-corrected chi connectivity index (χ4v) is 3.39. The third kappa shape index (κ3) is 3.48.